The molecule has 0 saturated heterocycles. The third kappa shape index (κ3) is 2.56. The molecule has 1 fully saturated rings. The van der Waals surface area contributed by atoms with Gasteiger partial charge in [-0.3, -0.25) is 0 Å². The lowest BCUT2D eigenvalue weighted by Crippen LogP contribution is -2.31. The van der Waals surface area contributed by atoms with Gasteiger partial charge in [0.15, 0.2) is 0 Å². The Hall–Kier alpha value is -1.82. The Morgan fingerprint density at radius 1 is 1.25 bits per heavy atom. The number of likely N-dealkylation sites (N-methyl/N-ethyl adjacent to an activating group) is 1. The summed E-state index contributed by atoms with van der Waals surface area (Å²) in [7, 11) is 0. The summed E-state index contributed by atoms with van der Waals surface area (Å²) < 4.78 is 5.43. The first-order valence-corrected chi connectivity index (χ1v) is 7.14. The predicted molar refractivity (Wildman–Crippen MR) is 74.1 cm³/mol. The average molecular weight is 273 g/mol. The zero-order chi connectivity index (χ0) is 13.9. The molecule has 2 unspecified atom stereocenters. The summed E-state index contributed by atoms with van der Waals surface area (Å²) in [5, 5.41) is 7.51. The molecule has 2 atom stereocenters. The van der Waals surface area contributed by atoms with Gasteiger partial charge in [0, 0.05) is 18.4 Å². The van der Waals surface area contributed by atoms with Crippen molar-refractivity contribution in [2.24, 2.45) is 0 Å². The van der Waals surface area contributed by atoms with E-state index in [1.807, 2.05) is 6.92 Å². The van der Waals surface area contributed by atoms with Crippen LogP contribution in [0.25, 0.3) is 11.6 Å². The molecule has 2 heterocycles. The number of aromatic nitrogens is 4. The molecule has 1 aliphatic rings. The van der Waals surface area contributed by atoms with Crippen LogP contribution < -0.4 is 5.32 Å². The number of rotatable bonds is 4. The van der Waals surface area contributed by atoms with Crippen molar-refractivity contribution in [3.05, 3.63) is 23.8 Å². The molecule has 106 valence electrons. The van der Waals surface area contributed by atoms with Gasteiger partial charge >= 0.3 is 0 Å². The zero-order valence-electron chi connectivity index (χ0n) is 11.8. The highest BCUT2D eigenvalue weighted by atomic mass is 16.5. The van der Waals surface area contributed by atoms with Crippen LogP contribution in [0, 0.1) is 6.92 Å². The van der Waals surface area contributed by atoms with Crippen LogP contribution in [0.3, 0.4) is 0 Å². The van der Waals surface area contributed by atoms with E-state index in [1.165, 1.54) is 6.42 Å². The molecule has 0 bridgehead atoms. The summed E-state index contributed by atoms with van der Waals surface area (Å²) in [6, 6.07) is 0.437. The Labute approximate surface area is 118 Å². The van der Waals surface area contributed by atoms with E-state index in [1.54, 1.807) is 12.4 Å². The third-order valence-corrected chi connectivity index (χ3v) is 3.72. The highest BCUT2D eigenvalue weighted by Gasteiger charge is 2.32. The van der Waals surface area contributed by atoms with E-state index in [9.17, 15) is 0 Å². The van der Waals surface area contributed by atoms with Gasteiger partial charge in [-0.25, -0.2) is 9.97 Å². The lowest BCUT2D eigenvalue weighted by atomic mass is 10.0. The molecule has 0 aliphatic heterocycles. The first-order valence-electron chi connectivity index (χ1n) is 7.14. The van der Waals surface area contributed by atoms with E-state index >= 15 is 0 Å². The van der Waals surface area contributed by atoms with Gasteiger partial charge < -0.3 is 9.84 Å². The second-order valence-corrected chi connectivity index (χ2v) is 5.24. The van der Waals surface area contributed by atoms with E-state index < -0.39 is 0 Å². The first-order chi connectivity index (χ1) is 9.78. The van der Waals surface area contributed by atoms with Crippen molar-refractivity contribution < 1.29 is 4.52 Å². The summed E-state index contributed by atoms with van der Waals surface area (Å²) in [4.78, 5) is 12.9. The topological polar surface area (TPSA) is 76.7 Å². The van der Waals surface area contributed by atoms with Crippen LogP contribution in [-0.2, 0) is 0 Å². The summed E-state index contributed by atoms with van der Waals surface area (Å²) in [6.07, 6.45) is 6.97. The Kier molecular flexibility index (Phi) is 3.73. The molecule has 0 radical (unpaired) electrons. The van der Waals surface area contributed by atoms with Crippen molar-refractivity contribution in [1.29, 1.82) is 0 Å². The van der Waals surface area contributed by atoms with Crippen molar-refractivity contribution in [3.63, 3.8) is 0 Å². The van der Waals surface area contributed by atoms with Gasteiger partial charge in [-0.15, -0.1) is 0 Å². The van der Waals surface area contributed by atoms with E-state index in [-0.39, 0.29) is 0 Å². The van der Waals surface area contributed by atoms with Gasteiger partial charge in [-0.1, -0.05) is 18.5 Å². The molecule has 2 aromatic rings. The second-order valence-electron chi connectivity index (χ2n) is 5.24. The summed E-state index contributed by atoms with van der Waals surface area (Å²) in [5.74, 6) is 2.00. The van der Waals surface area contributed by atoms with E-state index in [4.69, 9.17) is 4.52 Å². The minimum Gasteiger partial charge on any atom is -0.338 e. The van der Waals surface area contributed by atoms with Crippen molar-refractivity contribution >= 4 is 0 Å². The Balaban J connectivity index is 1.81. The summed E-state index contributed by atoms with van der Waals surface area (Å²) in [6.45, 7) is 5.03. The fourth-order valence-corrected chi connectivity index (χ4v) is 2.75. The van der Waals surface area contributed by atoms with Gasteiger partial charge in [0.1, 0.15) is 0 Å². The van der Waals surface area contributed by atoms with Crippen LogP contribution in [0.4, 0.5) is 0 Å². The molecular weight excluding hydrogens is 254 g/mol. The Morgan fingerprint density at radius 3 is 2.80 bits per heavy atom. The lowest BCUT2D eigenvalue weighted by Gasteiger charge is -2.16. The monoisotopic (exact) mass is 273 g/mol. The number of aryl methyl sites for hydroxylation is 1. The molecule has 1 saturated carbocycles. The highest BCUT2D eigenvalue weighted by Crippen LogP contribution is 2.34. The average Bonchev–Trinajstić information content (AvgIpc) is 3.08. The van der Waals surface area contributed by atoms with Gasteiger partial charge in [0.2, 0.25) is 17.5 Å². The number of nitrogens with one attached hydrogen (secondary N) is 1. The smallest absolute Gasteiger partial charge is 0.240 e. The number of hydrogen-bond acceptors (Lipinski definition) is 6. The summed E-state index contributed by atoms with van der Waals surface area (Å²) >= 11 is 0. The first kappa shape index (κ1) is 13.2. The largest absolute Gasteiger partial charge is 0.338 e. The van der Waals surface area contributed by atoms with Crippen LogP contribution in [0.5, 0.6) is 0 Å². The molecule has 1 aliphatic carbocycles. The van der Waals surface area contributed by atoms with Crippen LogP contribution in [0.2, 0.25) is 0 Å². The fourth-order valence-electron chi connectivity index (χ4n) is 2.75. The molecule has 1 N–H and O–H groups in total. The molecule has 3 rings (SSSR count). The van der Waals surface area contributed by atoms with Crippen LogP contribution in [0.15, 0.2) is 16.9 Å². The van der Waals surface area contributed by atoms with E-state index in [0.717, 1.165) is 24.9 Å². The number of nitrogens with zero attached hydrogens (tertiary/aromatic N) is 4. The molecule has 6 heteroatoms. The molecule has 6 nitrogen and oxygen atoms in total. The predicted octanol–water partition coefficient (Wildman–Crippen LogP) is 2.08. The quantitative estimate of drug-likeness (QED) is 0.919. The van der Waals surface area contributed by atoms with Gasteiger partial charge in [-0.05, 0) is 31.9 Å². The summed E-state index contributed by atoms with van der Waals surface area (Å²) in [5.41, 5.74) is 1.01. The zero-order valence-corrected chi connectivity index (χ0v) is 11.8. The SMILES string of the molecule is CCNC1CCCC1c1nc(-c2ncc(C)cn2)no1. The van der Waals surface area contributed by atoms with Gasteiger partial charge in [-0.2, -0.15) is 4.98 Å². The third-order valence-electron chi connectivity index (χ3n) is 3.72. The van der Waals surface area contributed by atoms with Crippen LogP contribution >= 0.6 is 0 Å². The van der Waals surface area contributed by atoms with E-state index in [2.05, 4.69) is 32.3 Å². The Morgan fingerprint density at radius 2 is 2.05 bits per heavy atom. The fraction of sp³-hybridized carbons (Fsp3) is 0.571. The normalized spacial score (nSPS) is 22.3. The highest BCUT2D eigenvalue weighted by molar-refractivity contribution is 5.41. The second kappa shape index (κ2) is 5.66. The van der Waals surface area contributed by atoms with E-state index in [0.29, 0.717) is 29.5 Å². The maximum Gasteiger partial charge on any atom is 0.240 e. The maximum absolute atomic E-state index is 5.43. The van der Waals surface area contributed by atoms with Crippen LogP contribution in [-0.4, -0.2) is 32.7 Å². The van der Waals surface area contributed by atoms with Gasteiger partial charge in [0.25, 0.3) is 0 Å². The minimum atomic E-state index is 0.307. The lowest BCUT2D eigenvalue weighted by molar-refractivity contribution is 0.332. The molecule has 2 aromatic heterocycles. The Bertz CT molecular complexity index is 565. The van der Waals surface area contributed by atoms with Crippen LogP contribution in [0.1, 0.15) is 43.6 Å². The van der Waals surface area contributed by atoms with Crippen molar-refractivity contribution in [2.75, 3.05) is 6.54 Å². The molecule has 0 aromatic carbocycles. The van der Waals surface area contributed by atoms with Gasteiger partial charge in [0.05, 0.1) is 5.92 Å². The van der Waals surface area contributed by atoms with Crippen molar-refractivity contribution in [3.8, 4) is 11.6 Å². The number of hydrogen-bond donors (Lipinski definition) is 1. The molecule has 0 spiro atoms. The molecular formula is C14H19N5O. The standard InChI is InChI=1S/C14H19N5O/c1-3-15-11-6-4-5-10(11)14-18-13(19-20-14)12-16-7-9(2)8-17-12/h7-8,10-11,15H,3-6H2,1-2H3. The molecule has 0 amide bonds. The minimum absolute atomic E-state index is 0.307. The maximum atomic E-state index is 5.43. The van der Waals surface area contributed by atoms with Crippen molar-refractivity contribution in [1.82, 2.24) is 25.4 Å². The van der Waals surface area contributed by atoms with Crippen molar-refractivity contribution in [2.45, 2.75) is 45.1 Å². The molecule has 20 heavy (non-hydrogen) atoms.